The summed E-state index contributed by atoms with van der Waals surface area (Å²) < 4.78 is 1.20. The number of rotatable bonds is 4. The number of hydrogen-bond acceptors (Lipinski definition) is 3. The van der Waals surface area contributed by atoms with Crippen molar-refractivity contribution in [3.05, 3.63) is 20.8 Å². The second-order valence-corrected chi connectivity index (χ2v) is 7.90. The molecule has 18 heavy (non-hydrogen) atoms. The molecule has 3 unspecified atom stereocenters. The van der Waals surface area contributed by atoms with E-state index in [9.17, 15) is 0 Å². The Balaban J connectivity index is 2.19. The van der Waals surface area contributed by atoms with Gasteiger partial charge in [0.2, 0.25) is 0 Å². The summed E-state index contributed by atoms with van der Waals surface area (Å²) in [6.07, 6.45) is 3.70. The van der Waals surface area contributed by atoms with Crippen molar-refractivity contribution in [2.75, 3.05) is 13.1 Å². The summed E-state index contributed by atoms with van der Waals surface area (Å²) in [5, 5.41) is 0. The van der Waals surface area contributed by atoms with Crippen LogP contribution in [-0.2, 0) is 0 Å². The van der Waals surface area contributed by atoms with E-state index in [1.165, 1.54) is 34.6 Å². The lowest BCUT2D eigenvalue weighted by atomic mass is 9.95. The second-order valence-electron chi connectivity index (χ2n) is 5.40. The van der Waals surface area contributed by atoms with Crippen molar-refractivity contribution >= 4 is 27.3 Å². The van der Waals surface area contributed by atoms with Gasteiger partial charge in [-0.3, -0.25) is 4.90 Å². The highest BCUT2D eigenvalue weighted by atomic mass is 79.9. The zero-order valence-corrected chi connectivity index (χ0v) is 13.6. The van der Waals surface area contributed by atoms with Crippen LogP contribution in [0.2, 0.25) is 0 Å². The van der Waals surface area contributed by atoms with Gasteiger partial charge in [0, 0.05) is 17.5 Å². The largest absolute Gasteiger partial charge is 0.326 e. The van der Waals surface area contributed by atoms with E-state index in [1.54, 1.807) is 0 Å². The summed E-state index contributed by atoms with van der Waals surface area (Å²) >= 11 is 5.40. The number of piperidine rings is 1. The molecule has 102 valence electrons. The SMILES string of the molecule is CCC(N)C(c1ccc(Br)s1)N1CCCC(C)C1. The molecular formula is C14H23BrN2S. The highest BCUT2D eigenvalue weighted by Gasteiger charge is 2.29. The molecule has 4 heteroatoms. The monoisotopic (exact) mass is 330 g/mol. The molecule has 2 N–H and O–H groups in total. The smallest absolute Gasteiger partial charge is 0.0702 e. The van der Waals surface area contributed by atoms with E-state index in [-0.39, 0.29) is 6.04 Å². The third-order valence-corrected chi connectivity index (χ3v) is 5.54. The molecule has 0 amide bonds. The molecular weight excluding hydrogens is 308 g/mol. The van der Waals surface area contributed by atoms with Crippen LogP contribution in [0.15, 0.2) is 15.9 Å². The number of nitrogens with zero attached hydrogens (tertiary/aromatic N) is 1. The fraction of sp³-hybridized carbons (Fsp3) is 0.714. The molecule has 2 nitrogen and oxygen atoms in total. The maximum Gasteiger partial charge on any atom is 0.0702 e. The van der Waals surface area contributed by atoms with Crippen LogP contribution in [0.3, 0.4) is 0 Å². The molecule has 1 fully saturated rings. The standard InChI is InChI=1S/C14H23BrN2S/c1-3-11(16)14(12-6-7-13(15)18-12)17-8-4-5-10(2)9-17/h6-7,10-11,14H,3-5,8-9,16H2,1-2H3. The van der Waals surface area contributed by atoms with Gasteiger partial charge in [-0.1, -0.05) is 13.8 Å². The van der Waals surface area contributed by atoms with Crippen molar-refractivity contribution < 1.29 is 0 Å². The number of thiophene rings is 1. The Morgan fingerprint density at radius 3 is 2.89 bits per heavy atom. The van der Waals surface area contributed by atoms with E-state index in [0.29, 0.717) is 6.04 Å². The minimum atomic E-state index is 0.237. The maximum absolute atomic E-state index is 6.38. The number of hydrogen-bond donors (Lipinski definition) is 1. The molecule has 0 aliphatic carbocycles. The molecule has 1 aliphatic rings. The minimum Gasteiger partial charge on any atom is -0.326 e. The van der Waals surface area contributed by atoms with Crippen molar-refractivity contribution in [1.29, 1.82) is 0 Å². The maximum atomic E-state index is 6.38. The van der Waals surface area contributed by atoms with E-state index in [2.05, 4.69) is 46.8 Å². The van der Waals surface area contributed by atoms with E-state index >= 15 is 0 Å². The molecule has 0 bridgehead atoms. The fourth-order valence-corrected chi connectivity index (χ4v) is 4.49. The second kappa shape index (κ2) is 6.51. The van der Waals surface area contributed by atoms with Gasteiger partial charge in [-0.25, -0.2) is 0 Å². The average molecular weight is 331 g/mol. The van der Waals surface area contributed by atoms with Crippen LogP contribution in [0.4, 0.5) is 0 Å². The Labute approximate surface area is 123 Å². The van der Waals surface area contributed by atoms with Crippen LogP contribution in [0.25, 0.3) is 0 Å². The van der Waals surface area contributed by atoms with Crippen molar-refractivity contribution in [3.63, 3.8) is 0 Å². The summed E-state index contributed by atoms with van der Waals surface area (Å²) in [4.78, 5) is 4.01. The molecule has 1 aromatic rings. The van der Waals surface area contributed by atoms with Crippen molar-refractivity contribution in [2.24, 2.45) is 11.7 Å². The van der Waals surface area contributed by atoms with Gasteiger partial charge in [0.1, 0.15) is 0 Å². The van der Waals surface area contributed by atoms with Crippen LogP contribution in [0.5, 0.6) is 0 Å². The van der Waals surface area contributed by atoms with Crippen molar-refractivity contribution in [2.45, 2.75) is 45.2 Å². The summed E-state index contributed by atoms with van der Waals surface area (Å²) in [7, 11) is 0. The van der Waals surface area contributed by atoms with Gasteiger partial charge in [-0.15, -0.1) is 11.3 Å². The molecule has 2 rings (SSSR count). The Bertz CT molecular complexity index is 380. The first-order chi connectivity index (χ1) is 8.61. The molecule has 1 aliphatic heterocycles. The van der Waals surface area contributed by atoms with Crippen LogP contribution in [0, 0.1) is 5.92 Å². The lowest BCUT2D eigenvalue weighted by molar-refractivity contribution is 0.113. The van der Waals surface area contributed by atoms with Gasteiger partial charge in [0.15, 0.2) is 0 Å². The molecule has 0 radical (unpaired) electrons. The van der Waals surface area contributed by atoms with Gasteiger partial charge >= 0.3 is 0 Å². The molecule has 2 heterocycles. The molecule has 0 saturated carbocycles. The highest BCUT2D eigenvalue weighted by molar-refractivity contribution is 9.11. The van der Waals surface area contributed by atoms with Gasteiger partial charge in [-0.2, -0.15) is 0 Å². The molecule has 1 aromatic heterocycles. The van der Waals surface area contributed by atoms with Gasteiger partial charge in [0.25, 0.3) is 0 Å². The first-order valence-electron chi connectivity index (χ1n) is 6.86. The Kier molecular flexibility index (Phi) is 5.24. The molecule has 0 spiro atoms. The predicted molar refractivity (Wildman–Crippen MR) is 83.0 cm³/mol. The highest BCUT2D eigenvalue weighted by Crippen LogP contribution is 2.35. The van der Waals surface area contributed by atoms with Gasteiger partial charge < -0.3 is 5.73 Å². The first-order valence-corrected chi connectivity index (χ1v) is 8.47. The average Bonchev–Trinajstić information content (AvgIpc) is 2.76. The number of likely N-dealkylation sites (tertiary alicyclic amines) is 1. The number of halogens is 1. The Hall–Kier alpha value is 0.1000. The third kappa shape index (κ3) is 3.35. The van der Waals surface area contributed by atoms with E-state index in [4.69, 9.17) is 5.73 Å². The van der Waals surface area contributed by atoms with Gasteiger partial charge in [-0.05, 0) is 59.8 Å². The zero-order valence-electron chi connectivity index (χ0n) is 11.2. The third-order valence-electron chi connectivity index (χ3n) is 3.84. The summed E-state index contributed by atoms with van der Waals surface area (Å²) in [6.45, 7) is 6.92. The Morgan fingerprint density at radius 2 is 2.33 bits per heavy atom. The van der Waals surface area contributed by atoms with E-state index < -0.39 is 0 Å². The topological polar surface area (TPSA) is 29.3 Å². The van der Waals surface area contributed by atoms with Crippen molar-refractivity contribution in [1.82, 2.24) is 4.90 Å². The summed E-state index contributed by atoms with van der Waals surface area (Å²) in [5.74, 6) is 0.800. The normalized spacial score (nSPS) is 25.0. The van der Waals surface area contributed by atoms with Crippen LogP contribution >= 0.6 is 27.3 Å². The van der Waals surface area contributed by atoms with E-state index in [0.717, 1.165) is 12.3 Å². The van der Waals surface area contributed by atoms with Gasteiger partial charge in [0.05, 0.1) is 9.83 Å². The quantitative estimate of drug-likeness (QED) is 0.903. The van der Waals surface area contributed by atoms with Crippen LogP contribution < -0.4 is 5.73 Å². The number of nitrogens with two attached hydrogens (primary N) is 1. The summed E-state index contributed by atoms with van der Waals surface area (Å²) in [6, 6.07) is 5.01. The molecule has 3 atom stereocenters. The first kappa shape index (κ1) is 14.5. The Morgan fingerprint density at radius 1 is 1.56 bits per heavy atom. The van der Waals surface area contributed by atoms with Crippen LogP contribution in [0.1, 0.15) is 44.0 Å². The van der Waals surface area contributed by atoms with Crippen molar-refractivity contribution in [3.8, 4) is 0 Å². The fourth-order valence-electron chi connectivity index (χ4n) is 2.85. The lowest BCUT2D eigenvalue weighted by Crippen LogP contribution is -2.44. The molecule has 1 saturated heterocycles. The zero-order chi connectivity index (χ0) is 13.1. The predicted octanol–water partition coefficient (Wildman–Crippen LogP) is 4.02. The van der Waals surface area contributed by atoms with Crippen LogP contribution in [-0.4, -0.2) is 24.0 Å². The lowest BCUT2D eigenvalue weighted by Gasteiger charge is -2.39. The minimum absolute atomic E-state index is 0.237. The molecule has 0 aromatic carbocycles. The van der Waals surface area contributed by atoms with E-state index in [1.807, 2.05) is 11.3 Å². The summed E-state index contributed by atoms with van der Waals surface area (Å²) in [5.41, 5.74) is 6.38.